The molecule has 1 rings (SSSR count). The molecule has 0 radical (unpaired) electrons. The summed E-state index contributed by atoms with van der Waals surface area (Å²) in [6, 6.07) is 5.35. The van der Waals surface area contributed by atoms with E-state index in [2.05, 4.69) is 5.32 Å². The molecular weight excluding hydrogens is 248 g/mol. The zero-order valence-electron chi connectivity index (χ0n) is 11.7. The van der Waals surface area contributed by atoms with E-state index in [9.17, 15) is 8.42 Å². The van der Waals surface area contributed by atoms with Crippen molar-refractivity contribution in [3.63, 3.8) is 0 Å². The van der Waals surface area contributed by atoms with Gasteiger partial charge in [-0.2, -0.15) is 4.31 Å². The Hall–Kier alpha value is -0.910. The van der Waals surface area contributed by atoms with Crippen molar-refractivity contribution < 1.29 is 8.42 Å². The lowest BCUT2D eigenvalue weighted by Crippen LogP contribution is -2.33. The van der Waals surface area contributed by atoms with Crippen LogP contribution in [0, 0.1) is 6.92 Å². The maximum absolute atomic E-state index is 12.5. The van der Waals surface area contributed by atoms with Crippen LogP contribution in [0.5, 0.6) is 0 Å². The monoisotopic (exact) mass is 270 g/mol. The molecule has 0 spiro atoms. The molecule has 0 atom stereocenters. The molecule has 4 nitrogen and oxygen atoms in total. The van der Waals surface area contributed by atoms with Gasteiger partial charge in [0.15, 0.2) is 0 Å². The summed E-state index contributed by atoms with van der Waals surface area (Å²) in [5.74, 6) is 0. The van der Waals surface area contributed by atoms with E-state index in [1.807, 2.05) is 33.9 Å². The number of benzene rings is 1. The van der Waals surface area contributed by atoms with Crippen molar-refractivity contribution in [1.29, 1.82) is 0 Å². The lowest BCUT2D eigenvalue weighted by molar-refractivity contribution is 0.410. The maximum atomic E-state index is 12.5. The van der Waals surface area contributed by atoms with Crippen molar-refractivity contribution in [3.05, 3.63) is 29.3 Å². The minimum Gasteiger partial charge on any atom is -0.316 e. The molecule has 0 aliphatic rings. The minimum atomic E-state index is -3.40. The van der Waals surface area contributed by atoms with E-state index < -0.39 is 10.0 Å². The Morgan fingerprint density at radius 3 is 2.44 bits per heavy atom. The van der Waals surface area contributed by atoms with Crippen molar-refractivity contribution in [2.24, 2.45) is 0 Å². The molecule has 0 saturated carbocycles. The first-order chi connectivity index (χ1) is 8.32. The van der Waals surface area contributed by atoms with Crippen LogP contribution in [0.2, 0.25) is 0 Å². The predicted molar refractivity (Wildman–Crippen MR) is 74.0 cm³/mol. The Morgan fingerprint density at radius 2 is 1.94 bits per heavy atom. The molecule has 0 saturated heterocycles. The second kappa shape index (κ2) is 5.82. The fraction of sp³-hybridized carbons (Fsp3) is 0.538. The van der Waals surface area contributed by atoms with E-state index in [4.69, 9.17) is 0 Å². The van der Waals surface area contributed by atoms with Gasteiger partial charge in [-0.15, -0.1) is 0 Å². The van der Waals surface area contributed by atoms with Crippen molar-refractivity contribution in [2.75, 3.05) is 14.1 Å². The fourth-order valence-electron chi connectivity index (χ4n) is 1.75. The number of sulfonamides is 1. The van der Waals surface area contributed by atoms with Crippen LogP contribution in [0.25, 0.3) is 0 Å². The topological polar surface area (TPSA) is 49.4 Å². The molecule has 18 heavy (non-hydrogen) atoms. The summed E-state index contributed by atoms with van der Waals surface area (Å²) in [6.07, 6.45) is 0. The Kier molecular flexibility index (Phi) is 4.90. The molecule has 0 aliphatic heterocycles. The molecule has 102 valence electrons. The highest BCUT2D eigenvalue weighted by molar-refractivity contribution is 7.89. The van der Waals surface area contributed by atoms with Crippen molar-refractivity contribution >= 4 is 10.0 Å². The summed E-state index contributed by atoms with van der Waals surface area (Å²) in [6.45, 7) is 6.25. The van der Waals surface area contributed by atoms with Crippen molar-refractivity contribution in [2.45, 2.75) is 38.3 Å². The highest BCUT2D eigenvalue weighted by Gasteiger charge is 2.25. The van der Waals surface area contributed by atoms with Gasteiger partial charge in [0.2, 0.25) is 10.0 Å². The molecule has 0 heterocycles. The molecule has 1 aromatic carbocycles. The normalized spacial score (nSPS) is 12.4. The summed E-state index contributed by atoms with van der Waals surface area (Å²) in [4.78, 5) is 0.395. The molecule has 0 fully saturated rings. The molecule has 0 amide bonds. The highest BCUT2D eigenvalue weighted by atomic mass is 32.2. The van der Waals surface area contributed by atoms with Crippen LogP contribution in [0.1, 0.15) is 25.0 Å². The lowest BCUT2D eigenvalue weighted by Gasteiger charge is -2.22. The first-order valence-corrected chi connectivity index (χ1v) is 7.47. The van der Waals surface area contributed by atoms with Gasteiger partial charge in [0, 0.05) is 19.6 Å². The van der Waals surface area contributed by atoms with Gasteiger partial charge in [0.25, 0.3) is 0 Å². The molecule has 0 unspecified atom stereocenters. The first kappa shape index (κ1) is 15.1. The minimum absolute atomic E-state index is 0.0534. The van der Waals surface area contributed by atoms with E-state index in [1.54, 1.807) is 19.2 Å². The Bertz CT molecular complexity index is 510. The average molecular weight is 270 g/mol. The van der Waals surface area contributed by atoms with Crippen LogP contribution in [0.15, 0.2) is 23.1 Å². The highest BCUT2D eigenvalue weighted by Crippen LogP contribution is 2.23. The lowest BCUT2D eigenvalue weighted by atomic mass is 10.1. The van der Waals surface area contributed by atoms with Gasteiger partial charge in [0.05, 0.1) is 4.90 Å². The maximum Gasteiger partial charge on any atom is 0.243 e. The summed E-state index contributed by atoms with van der Waals surface area (Å²) in [5, 5.41) is 3.05. The summed E-state index contributed by atoms with van der Waals surface area (Å²) >= 11 is 0. The predicted octanol–water partition coefficient (Wildman–Crippen LogP) is 1.74. The van der Waals surface area contributed by atoms with Crippen LogP contribution in [-0.2, 0) is 16.6 Å². The number of nitrogens with zero attached hydrogens (tertiary/aromatic N) is 1. The Labute approximate surface area is 110 Å². The second-order valence-corrected chi connectivity index (χ2v) is 6.65. The van der Waals surface area contributed by atoms with Crippen LogP contribution in [-0.4, -0.2) is 32.9 Å². The largest absolute Gasteiger partial charge is 0.316 e. The SMILES string of the molecule is CNCc1cccc(S(=O)(=O)N(C)C(C)C)c1C. The van der Waals surface area contributed by atoms with Crippen LogP contribution >= 0.6 is 0 Å². The standard InChI is InChI=1S/C13H22N2O2S/c1-10(2)15(5)18(16,17)13-8-6-7-12(9-14-4)11(13)3/h6-8,10,14H,9H2,1-5H3. The first-order valence-electron chi connectivity index (χ1n) is 6.03. The smallest absolute Gasteiger partial charge is 0.243 e. The number of hydrogen-bond donors (Lipinski definition) is 1. The van der Waals surface area contributed by atoms with Gasteiger partial charge in [-0.3, -0.25) is 0 Å². The van der Waals surface area contributed by atoms with Gasteiger partial charge in [-0.25, -0.2) is 8.42 Å². The van der Waals surface area contributed by atoms with Gasteiger partial charge in [-0.1, -0.05) is 12.1 Å². The number of nitrogens with one attached hydrogen (secondary N) is 1. The summed E-state index contributed by atoms with van der Waals surface area (Å²) in [5.41, 5.74) is 1.83. The third kappa shape index (κ3) is 2.91. The molecule has 1 N–H and O–H groups in total. The molecule has 5 heteroatoms. The Morgan fingerprint density at radius 1 is 1.33 bits per heavy atom. The zero-order valence-corrected chi connectivity index (χ0v) is 12.5. The van der Waals surface area contributed by atoms with E-state index in [0.717, 1.165) is 11.1 Å². The van der Waals surface area contributed by atoms with E-state index in [0.29, 0.717) is 11.4 Å². The number of rotatable bonds is 5. The van der Waals surface area contributed by atoms with Gasteiger partial charge in [0.1, 0.15) is 0 Å². The second-order valence-electron chi connectivity index (χ2n) is 4.69. The van der Waals surface area contributed by atoms with Crippen LogP contribution in [0.4, 0.5) is 0 Å². The van der Waals surface area contributed by atoms with Crippen LogP contribution < -0.4 is 5.32 Å². The van der Waals surface area contributed by atoms with Crippen LogP contribution in [0.3, 0.4) is 0 Å². The van der Waals surface area contributed by atoms with Gasteiger partial charge < -0.3 is 5.32 Å². The average Bonchev–Trinajstić information content (AvgIpc) is 2.30. The zero-order chi connectivity index (χ0) is 13.9. The molecule has 0 aromatic heterocycles. The molecule has 1 aromatic rings. The third-order valence-corrected chi connectivity index (χ3v) is 5.33. The number of hydrogen-bond acceptors (Lipinski definition) is 3. The third-order valence-electron chi connectivity index (χ3n) is 3.15. The van der Waals surface area contributed by atoms with E-state index in [1.165, 1.54) is 4.31 Å². The quantitative estimate of drug-likeness (QED) is 0.886. The molecule has 0 bridgehead atoms. The van der Waals surface area contributed by atoms with Gasteiger partial charge in [-0.05, 0) is 45.0 Å². The summed E-state index contributed by atoms with van der Waals surface area (Å²) < 4.78 is 26.3. The van der Waals surface area contributed by atoms with Crippen molar-refractivity contribution in [3.8, 4) is 0 Å². The van der Waals surface area contributed by atoms with E-state index in [-0.39, 0.29) is 6.04 Å². The Balaban J connectivity index is 3.29. The van der Waals surface area contributed by atoms with Gasteiger partial charge >= 0.3 is 0 Å². The van der Waals surface area contributed by atoms with E-state index >= 15 is 0 Å². The summed E-state index contributed by atoms with van der Waals surface area (Å²) in [7, 11) is 0.0592. The fourth-order valence-corrected chi connectivity index (χ4v) is 3.39. The van der Waals surface area contributed by atoms with Crippen molar-refractivity contribution in [1.82, 2.24) is 9.62 Å². The molecular formula is C13H22N2O2S. The molecule has 0 aliphatic carbocycles.